The van der Waals surface area contributed by atoms with E-state index >= 15 is 0 Å². The molecule has 2 aromatic carbocycles. The average molecular weight is 451 g/mol. The first-order valence-corrected chi connectivity index (χ1v) is 11.7. The van der Waals surface area contributed by atoms with Gasteiger partial charge in [0.05, 0.1) is 6.10 Å². The third-order valence-corrected chi connectivity index (χ3v) is 6.34. The Morgan fingerprint density at radius 3 is 2.44 bits per heavy atom. The number of aryl methyl sites for hydroxylation is 1. The van der Waals surface area contributed by atoms with E-state index in [1.165, 1.54) is 0 Å². The van der Waals surface area contributed by atoms with Crippen molar-refractivity contribution in [2.24, 2.45) is 0 Å². The second-order valence-corrected chi connectivity index (χ2v) is 8.89. The number of benzene rings is 2. The summed E-state index contributed by atoms with van der Waals surface area (Å²) in [5.74, 6) is 1.77. The molecular weight excluding hydrogens is 420 g/mol. The van der Waals surface area contributed by atoms with Crippen molar-refractivity contribution < 1.29 is 5.11 Å². The number of aliphatic hydroxyl groups is 1. The summed E-state index contributed by atoms with van der Waals surface area (Å²) in [5, 5.41) is 10.8. The van der Waals surface area contributed by atoms with E-state index in [1.807, 2.05) is 43.3 Å². The van der Waals surface area contributed by atoms with Crippen molar-refractivity contribution in [1.82, 2.24) is 14.9 Å². The maximum absolute atomic E-state index is 10.0. The van der Waals surface area contributed by atoms with Gasteiger partial charge in [0.15, 0.2) is 5.82 Å². The third kappa shape index (κ3) is 5.47. The fraction of sp³-hybridized carbons (Fsp3) is 0.385. The first kappa shape index (κ1) is 22.7. The van der Waals surface area contributed by atoms with Crippen LogP contribution in [0.3, 0.4) is 0 Å². The quantitative estimate of drug-likeness (QED) is 0.570. The van der Waals surface area contributed by atoms with Crippen molar-refractivity contribution >= 4 is 17.4 Å². The molecule has 0 radical (unpaired) electrons. The van der Waals surface area contributed by atoms with E-state index in [-0.39, 0.29) is 6.10 Å². The SMILES string of the molecule is CCC(O)CN1CCN(c2nc(-c3ccccc3)nc(C)c2Cc2cccc(Cl)c2)CC1. The molecule has 1 N–H and O–H groups in total. The summed E-state index contributed by atoms with van der Waals surface area (Å²) in [4.78, 5) is 14.6. The van der Waals surface area contributed by atoms with Gasteiger partial charge in [0.2, 0.25) is 0 Å². The Morgan fingerprint density at radius 2 is 1.75 bits per heavy atom. The van der Waals surface area contributed by atoms with E-state index in [0.717, 1.165) is 84.6 Å². The molecular formula is C26H31ClN4O. The molecule has 1 fully saturated rings. The number of halogens is 1. The summed E-state index contributed by atoms with van der Waals surface area (Å²) in [6, 6.07) is 18.2. The maximum Gasteiger partial charge on any atom is 0.161 e. The summed E-state index contributed by atoms with van der Waals surface area (Å²) < 4.78 is 0. The molecule has 3 aromatic rings. The van der Waals surface area contributed by atoms with Crippen LogP contribution < -0.4 is 4.90 Å². The molecule has 6 heteroatoms. The first-order valence-electron chi connectivity index (χ1n) is 11.4. The lowest BCUT2D eigenvalue weighted by Gasteiger charge is -2.37. The van der Waals surface area contributed by atoms with E-state index in [0.29, 0.717) is 0 Å². The van der Waals surface area contributed by atoms with E-state index in [2.05, 4.69) is 34.9 Å². The molecule has 32 heavy (non-hydrogen) atoms. The molecule has 4 rings (SSSR count). The normalized spacial score (nSPS) is 15.7. The van der Waals surface area contributed by atoms with Crippen LogP contribution in [-0.4, -0.2) is 58.8 Å². The predicted molar refractivity (Wildman–Crippen MR) is 131 cm³/mol. The maximum atomic E-state index is 10.0. The lowest BCUT2D eigenvalue weighted by atomic mass is 10.0. The van der Waals surface area contributed by atoms with E-state index in [9.17, 15) is 5.11 Å². The van der Waals surface area contributed by atoms with Gasteiger partial charge in [-0.25, -0.2) is 9.97 Å². The fourth-order valence-electron chi connectivity index (χ4n) is 4.19. The highest BCUT2D eigenvalue weighted by atomic mass is 35.5. The zero-order chi connectivity index (χ0) is 22.5. The number of rotatable bonds is 7. The largest absolute Gasteiger partial charge is 0.392 e. The second kappa shape index (κ2) is 10.4. The number of aromatic nitrogens is 2. The topological polar surface area (TPSA) is 52.5 Å². The van der Waals surface area contributed by atoms with E-state index < -0.39 is 0 Å². The second-order valence-electron chi connectivity index (χ2n) is 8.46. The Labute approximate surface area is 195 Å². The minimum atomic E-state index is -0.258. The lowest BCUT2D eigenvalue weighted by molar-refractivity contribution is 0.106. The van der Waals surface area contributed by atoms with Gasteiger partial charge in [0.25, 0.3) is 0 Å². The molecule has 0 spiro atoms. The molecule has 1 aromatic heterocycles. The molecule has 2 heterocycles. The molecule has 0 saturated carbocycles. The van der Waals surface area contributed by atoms with E-state index in [4.69, 9.17) is 21.6 Å². The Morgan fingerprint density at radius 1 is 1.00 bits per heavy atom. The number of aliphatic hydroxyl groups excluding tert-OH is 1. The van der Waals surface area contributed by atoms with Crippen molar-refractivity contribution in [2.45, 2.75) is 32.8 Å². The fourth-order valence-corrected chi connectivity index (χ4v) is 4.40. The van der Waals surface area contributed by atoms with Gasteiger partial charge in [-0.2, -0.15) is 0 Å². The Hall–Kier alpha value is -2.47. The van der Waals surface area contributed by atoms with Crippen LogP contribution in [0.5, 0.6) is 0 Å². The molecule has 1 saturated heterocycles. The monoisotopic (exact) mass is 450 g/mol. The van der Waals surface area contributed by atoms with Crippen LogP contribution >= 0.6 is 11.6 Å². The van der Waals surface area contributed by atoms with Gasteiger partial charge in [-0.3, -0.25) is 4.90 Å². The van der Waals surface area contributed by atoms with Crippen LogP contribution in [0, 0.1) is 6.92 Å². The summed E-state index contributed by atoms with van der Waals surface area (Å²) in [6.07, 6.45) is 1.27. The number of piperazine rings is 1. The van der Waals surface area contributed by atoms with Crippen LogP contribution in [-0.2, 0) is 6.42 Å². The van der Waals surface area contributed by atoms with Crippen molar-refractivity contribution in [2.75, 3.05) is 37.6 Å². The molecule has 168 valence electrons. The molecule has 1 unspecified atom stereocenters. The molecule has 5 nitrogen and oxygen atoms in total. The molecule has 1 aliphatic heterocycles. The van der Waals surface area contributed by atoms with Crippen molar-refractivity contribution in [3.8, 4) is 11.4 Å². The predicted octanol–water partition coefficient (Wildman–Crippen LogP) is 4.59. The van der Waals surface area contributed by atoms with Crippen molar-refractivity contribution in [3.05, 3.63) is 76.4 Å². The number of nitrogens with zero attached hydrogens (tertiary/aromatic N) is 4. The standard InChI is InChI=1S/C26H31ClN4O/c1-3-23(32)18-30-12-14-31(15-13-30)26-24(17-20-8-7-11-22(27)16-20)19(2)28-25(29-26)21-9-5-4-6-10-21/h4-11,16,23,32H,3,12-15,17-18H2,1-2H3. The highest BCUT2D eigenvalue weighted by Gasteiger charge is 2.24. The van der Waals surface area contributed by atoms with Gasteiger partial charge in [-0.15, -0.1) is 0 Å². The highest BCUT2D eigenvalue weighted by molar-refractivity contribution is 6.30. The zero-order valence-electron chi connectivity index (χ0n) is 18.8. The molecule has 0 aliphatic carbocycles. The average Bonchev–Trinajstić information content (AvgIpc) is 2.81. The first-order chi connectivity index (χ1) is 15.5. The minimum Gasteiger partial charge on any atom is -0.392 e. The van der Waals surface area contributed by atoms with Crippen LogP contribution in [0.1, 0.15) is 30.2 Å². The smallest absolute Gasteiger partial charge is 0.161 e. The van der Waals surface area contributed by atoms with Crippen LogP contribution in [0.4, 0.5) is 5.82 Å². The minimum absolute atomic E-state index is 0.258. The van der Waals surface area contributed by atoms with Gasteiger partial charge in [0.1, 0.15) is 5.82 Å². The number of anilines is 1. The summed E-state index contributed by atoms with van der Waals surface area (Å²) >= 11 is 6.25. The van der Waals surface area contributed by atoms with Crippen LogP contribution in [0.15, 0.2) is 54.6 Å². The summed E-state index contributed by atoms with van der Waals surface area (Å²) in [5.41, 5.74) is 4.32. The Balaban J connectivity index is 1.65. The van der Waals surface area contributed by atoms with Crippen molar-refractivity contribution in [3.63, 3.8) is 0 Å². The molecule has 1 atom stereocenters. The molecule has 0 amide bonds. The number of hydrogen-bond acceptors (Lipinski definition) is 5. The third-order valence-electron chi connectivity index (χ3n) is 6.11. The van der Waals surface area contributed by atoms with Gasteiger partial charge in [-0.05, 0) is 31.0 Å². The van der Waals surface area contributed by atoms with Gasteiger partial charge >= 0.3 is 0 Å². The van der Waals surface area contributed by atoms with Crippen LogP contribution in [0.2, 0.25) is 5.02 Å². The molecule has 0 bridgehead atoms. The summed E-state index contributed by atoms with van der Waals surface area (Å²) in [7, 11) is 0. The highest BCUT2D eigenvalue weighted by Crippen LogP contribution is 2.29. The summed E-state index contributed by atoms with van der Waals surface area (Å²) in [6.45, 7) is 8.42. The van der Waals surface area contributed by atoms with Gasteiger partial charge in [-0.1, -0.05) is 61.0 Å². The Kier molecular flexibility index (Phi) is 7.40. The number of β-amino-alcohol motifs (C(OH)–C–C–N with tert-alkyl or cyclic N) is 1. The van der Waals surface area contributed by atoms with Gasteiger partial charge < -0.3 is 10.0 Å². The van der Waals surface area contributed by atoms with Gasteiger partial charge in [0, 0.05) is 61.0 Å². The van der Waals surface area contributed by atoms with Crippen LogP contribution in [0.25, 0.3) is 11.4 Å². The lowest BCUT2D eigenvalue weighted by Crippen LogP contribution is -2.49. The van der Waals surface area contributed by atoms with Crippen molar-refractivity contribution in [1.29, 1.82) is 0 Å². The Bertz CT molecular complexity index is 1040. The molecule has 1 aliphatic rings. The number of hydrogen-bond donors (Lipinski definition) is 1. The zero-order valence-corrected chi connectivity index (χ0v) is 19.6. The van der Waals surface area contributed by atoms with E-state index in [1.54, 1.807) is 0 Å².